The zero-order valence-corrected chi connectivity index (χ0v) is 9.74. The topological polar surface area (TPSA) is 120 Å². The summed E-state index contributed by atoms with van der Waals surface area (Å²) in [6.45, 7) is -1.13. The molecule has 0 saturated carbocycles. The molecule has 3 rings (SSSR count). The monoisotopic (exact) mass is 289 g/mol. The number of aliphatic hydroxyl groups is 1. The molecule has 0 aromatic carbocycles. The van der Waals surface area contributed by atoms with E-state index in [4.69, 9.17) is 16.0 Å². The Labute approximate surface area is 110 Å². The minimum atomic E-state index is -2.75. The van der Waals surface area contributed by atoms with E-state index in [0.717, 1.165) is 6.20 Å². The molecule has 0 bridgehead atoms. The van der Waals surface area contributed by atoms with Gasteiger partial charge in [0.05, 0.1) is 1.37 Å². The Hall–Kier alpha value is -2.20. The van der Waals surface area contributed by atoms with Crippen molar-refractivity contribution >= 4 is 6.16 Å². The SMILES string of the molecule is [2H]c1cn([C@@H]2O[C@](F)(CO)[C@H]3OC(=O)O[C@@H]23)c(=O)[nH]c1=O. The van der Waals surface area contributed by atoms with Crippen LogP contribution < -0.4 is 11.2 Å². The van der Waals surface area contributed by atoms with E-state index < -0.39 is 54.3 Å². The third-order valence-corrected chi connectivity index (χ3v) is 3.06. The highest BCUT2D eigenvalue weighted by atomic mass is 19.2. The van der Waals surface area contributed by atoms with Crippen molar-refractivity contribution in [2.45, 2.75) is 24.3 Å². The Balaban J connectivity index is 2.07. The van der Waals surface area contributed by atoms with Gasteiger partial charge < -0.3 is 19.3 Å². The third kappa shape index (κ3) is 1.72. The Morgan fingerprint density at radius 3 is 2.95 bits per heavy atom. The second-order valence-electron chi connectivity index (χ2n) is 4.26. The van der Waals surface area contributed by atoms with Crippen molar-refractivity contribution < 1.29 is 29.9 Å². The number of hydrogen-bond donors (Lipinski definition) is 2. The van der Waals surface area contributed by atoms with Gasteiger partial charge in [-0.1, -0.05) is 0 Å². The summed E-state index contributed by atoms with van der Waals surface area (Å²) < 4.78 is 36.6. The molecule has 108 valence electrons. The van der Waals surface area contributed by atoms with E-state index in [-0.39, 0.29) is 0 Å². The van der Waals surface area contributed by atoms with E-state index >= 15 is 0 Å². The number of carbonyl (C=O) groups excluding carboxylic acids is 1. The highest BCUT2D eigenvalue weighted by Gasteiger charge is 2.64. The summed E-state index contributed by atoms with van der Waals surface area (Å²) in [6.07, 6.45) is -4.73. The van der Waals surface area contributed by atoms with Gasteiger partial charge in [0.25, 0.3) is 11.4 Å². The smallest absolute Gasteiger partial charge is 0.422 e. The molecule has 2 saturated heterocycles. The Kier molecular flexibility index (Phi) is 2.41. The number of nitrogens with one attached hydrogen (secondary N) is 1. The standard InChI is InChI=1S/C10H9FN2O7/c11-10(3-14)6-5(18-9(17)19-6)7(20-10)13-2-1-4(15)12-8(13)16/h1-2,5-7,14H,3H2,(H,12,15,16)/t5-,6+,7-,10-/m1/s1/i1D. The number of alkyl halides is 1. The number of aromatic amines is 1. The van der Waals surface area contributed by atoms with Crippen LogP contribution in [0, 0.1) is 0 Å². The van der Waals surface area contributed by atoms with Crippen molar-refractivity contribution in [2.75, 3.05) is 6.61 Å². The summed E-state index contributed by atoms with van der Waals surface area (Å²) in [5, 5.41) is 9.06. The maximum atomic E-state index is 14.4. The fourth-order valence-corrected chi connectivity index (χ4v) is 2.16. The lowest BCUT2D eigenvalue weighted by Crippen LogP contribution is -2.41. The van der Waals surface area contributed by atoms with Crippen LogP contribution in [0.15, 0.2) is 21.8 Å². The minimum Gasteiger partial charge on any atom is -0.422 e. The Morgan fingerprint density at radius 1 is 1.50 bits per heavy atom. The summed E-state index contributed by atoms with van der Waals surface area (Å²) in [7, 11) is 0. The zero-order chi connectivity index (χ0) is 15.4. The van der Waals surface area contributed by atoms with Crippen molar-refractivity contribution in [3.05, 3.63) is 33.1 Å². The van der Waals surface area contributed by atoms with Crippen molar-refractivity contribution in [1.29, 1.82) is 0 Å². The molecule has 20 heavy (non-hydrogen) atoms. The van der Waals surface area contributed by atoms with Crippen LogP contribution in [-0.4, -0.2) is 45.5 Å². The van der Waals surface area contributed by atoms with Crippen molar-refractivity contribution in [1.82, 2.24) is 9.55 Å². The molecule has 0 aliphatic carbocycles. The molecule has 1 aromatic rings. The van der Waals surface area contributed by atoms with E-state index in [0.29, 0.717) is 4.57 Å². The second kappa shape index (κ2) is 4.15. The molecule has 4 atom stereocenters. The molecule has 0 spiro atoms. The average Bonchev–Trinajstić information content (AvgIpc) is 2.93. The summed E-state index contributed by atoms with van der Waals surface area (Å²) >= 11 is 0. The molecule has 0 unspecified atom stereocenters. The summed E-state index contributed by atoms with van der Waals surface area (Å²) in [4.78, 5) is 35.8. The van der Waals surface area contributed by atoms with Gasteiger partial charge >= 0.3 is 11.8 Å². The van der Waals surface area contributed by atoms with E-state index in [1.165, 1.54) is 0 Å². The van der Waals surface area contributed by atoms with E-state index in [1.54, 1.807) is 0 Å². The predicted molar refractivity (Wildman–Crippen MR) is 57.5 cm³/mol. The molecule has 9 nitrogen and oxygen atoms in total. The lowest BCUT2D eigenvalue weighted by molar-refractivity contribution is -0.210. The molecular formula is C10H9FN2O7. The number of fused-ring (bicyclic) bond motifs is 1. The van der Waals surface area contributed by atoms with E-state index in [1.807, 2.05) is 4.98 Å². The number of aliphatic hydroxyl groups excluding tert-OH is 1. The van der Waals surface area contributed by atoms with Gasteiger partial charge in [-0.3, -0.25) is 14.3 Å². The number of hydrogen-bond acceptors (Lipinski definition) is 7. The fourth-order valence-electron chi connectivity index (χ4n) is 2.16. The molecule has 3 heterocycles. The number of rotatable bonds is 2. The molecule has 2 aliphatic rings. The number of H-pyrrole nitrogens is 1. The van der Waals surface area contributed by atoms with Gasteiger partial charge in [0.1, 0.15) is 6.61 Å². The van der Waals surface area contributed by atoms with Crippen molar-refractivity contribution in [3.8, 4) is 0 Å². The molecule has 2 N–H and O–H groups in total. The summed E-state index contributed by atoms with van der Waals surface area (Å²) in [5.41, 5.74) is -1.91. The van der Waals surface area contributed by atoms with Gasteiger partial charge in [-0.25, -0.2) is 14.0 Å². The minimum absolute atomic E-state index is 0.569. The lowest BCUT2D eigenvalue weighted by atomic mass is 10.1. The van der Waals surface area contributed by atoms with Crippen LogP contribution in [0.4, 0.5) is 9.18 Å². The van der Waals surface area contributed by atoms with Crippen LogP contribution in [0.5, 0.6) is 0 Å². The molecular weight excluding hydrogens is 279 g/mol. The van der Waals surface area contributed by atoms with Gasteiger partial charge in [0.2, 0.25) is 6.10 Å². The molecule has 0 amide bonds. The predicted octanol–water partition coefficient (Wildman–Crippen LogP) is -1.37. The van der Waals surface area contributed by atoms with Crippen LogP contribution in [0.2, 0.25) is 0 Å². The first kappa shape index (κ1) is 11.6. The van der Waals surface area contributed by atoms with Gasteiger partial charge in [0, 0.05) is 12.2 Å². The average molecular weight is 289 g/mol. The lowest BCUT2D eigenvalue weighted by Gasteiger charge is -2.21. The number of ether oxygens (including phenoxy) is 3. The molecule has 2 fully saturated rings. The largest absolute Gasteiger partial charge is 0.509 e. The van der Waals surface area contributed by atoms with Gasteiger partial charge in [0.15, 0.2) is 12.3 Å². The van der Waals surface area contributed by atoms with Gasteiger partial charge in [-0.05, 0) is 0 Å². The highest BCUT2D eigenvalue weighted by Crippen LogP contribution is 2.44. The number of aromatic nitrogens is 2. The molecule has 2 aliphatic heterocycles. The van der Waals surface area contributed by atoms with E-state index in [9.17, 15) is 18.8 Å². The van der Waals surface area contributed by atoms with Crippen LogP contribution in [-0.2, 0) is 14.2 Å². The normalized spacial score (nSPS) is 36.2. The maximum absolute atomic E-state index is 14.4. The van der Waals surface area contributed by atoms with Crippen molar-refractivity contribution in [3.63, 3.8) is 0 Å². The molecule has 1 aromatic heterocycles. The maximum Gasteiger partial charge on any atom is 0.509 e. The first-order valence-electron chi connectivity index (χ1n) is 6.02. The van der Waals surface area contributed by atoms with Crippen LogP contribution >= 0.6 is 0 Å². The highest BCUT2D eigenvalue weighted by molar-refractivity contribution is 5.63. The molecule has 0 radical (unpaired) electrons. The first-order valence-corrected chi connectivity index (χ1v) is 5.52. The number of nitrogens with zero attached hydrogens (tertiary/aromatic N) is 1. The van der Waals surface area contributed by atoms with E-state index in [2.05, 4.69) is 4.74 Å². The molecule has 10 heteroatoms. The van der Waals surface area contributed by atoms with Gasteiger partial charge in [-0.15, -0.1) is 0 Å². The Morgan fingerprint density at radius 2 is 2.25 bits per heavy atom. The van der Waals surface area contributed by atoms with Crippen LogP contribution in [0.3, 0.4) is 0 Å². The number of halogens is 1. The first-order chi connectivity index (χ1) is 9.85. The number of carbonyl (C=O) groups is 1. The zero-order valence-electron chi connectivity index (χ0n) is 10.7. The second-order valence-corrected chi connectivity index (χ2v) is 4.26. The van der Waals surface area contributed by atoms with Crippen LogP contribution in [0.25, 0.3) is 0 Å². The third-order valence-electron chi connectivity index (χ3n) is 3.06. The fraction of sp³-hybridized carbons (Fsp3) is 0.500. The Bertz CT molecular complexity index is 718. The van der Waals surface area contributed by atoms with Crippen molar-refractivity contribution in [2.24, 2.45) is 0 Å². The van der Waals surface area contributed by atoms with Crippen LogP contribution in [0.1, 0.15) is 7.60 Å². The quantitative estimate of drug-likeness (QED) is 0.644. The summed E-state index contributed by atoms with van der Waals surface area (Å²) in [6, 6.07) is -0.569. The summed E-state index contributed by atoms with van der Waals surface area (Å²) in [5.74, 6) is -2.75. The van der Waals surface area contributed by atoms with Gasteiger partial charge in [-0.2, -0.15) is 0 Å².